The van der Waals surface area contributed by atoms with Crippen molar-refractivity contribution in [2.75, 3.05) is 0 Å². The molecule has 0 saturated carbocycles. The van der Waals surface area contributed by atoms with Crippen molar-refractivity contribution in [3.8, 4) is 0 Å². The number of halogens is 2. The molecule has 0 saturated heterocycles. The van der Waals surface area contributed by atoms with Gasteiger partial charge in [-0.1, -0.05) is 23.2 Å². The number of nitrogens with zero attached hydrogens (tertiary/aromatic N) is 2. The first-order valence-corrected chi connectivity index (χ1v) is 7.80. The molecule has 0 radical (unpaired) electrons. The van der Waals surface area contributed by atoms with Gasteiger partial charge in [-0.05, 0) is 6.07 Å². The molecular weight excluding hydrogens is 317 g/mol. The maximum atomic E-state index is 11.9. The number of pyridine rings is 1. The molecule has 5 nitrogen and oxygen atoms in total. The lowest BCUT2D eigenvalue weighted by atomic mass is 10.5. The number of thiazole rings is 1. The normalized spacial score (nSPS) is 11.7. The van der Waals surface area contributed by atoms with E-state index in [-0.39, 0.29) is 21.6 Å². The van der Waals surface area contributed by atoms with Gasteiger partial charge < -0.3 is 0 Å². The number of sulfonamides is 1. The summed E-state index contributed by atoms with van der Waals surface area (Å²) in [5.41, 5.74) is 0. The molecule has 0 atom stereocenters. The Balaban J connectivity index is 2.17. The molecule has 0 fully saturated rings. The summed E-state index contributed by atoms with van der Waals surface area (Å²) >= 11 is 12.7. The topological polar surface area (TPSA) is 72.0 Å². The number of nitrogens with one attached hydrogen (secondary N) is 1. The smallest absolute Gasteiger partial charge is 0.242 e. The first-order valence-electron chi connectivity index (χ1n) is 4.68. The van der Waals surface area contributed by atoms with Gasteiger partial charge in [0.05, 0.1) is 11.6 Å². The zero-order chi connectivity index (χ0) is 13.2. The summed E-state index contributed by atoms with van der Waals surface area (Å²) in [6, 6.07) is 1.25. The highest BCUT2D eigenvalue weighted by Gasteiger charge is 2.16. The minimum atomic E-state index is -3.66. The van der Waals surface area contributed by atoms with Crippen LogP contribution in [-0.2, 0) is 16.6 Å². The Morgan fingerprint density at radius 1 is 1.33 bits per heavy atom. The molecule has 18 heavy (non-hydrogen) atoms. The standard InChI is InChI=1S/C9H7Cl2N3O2S2/c10-7-3-6(4-13-9(7)11)18(15,16)14-5-8-12-1-2-17-8/h1-4,14H,5H2. The fourth-order valence-electron chi connectivity index (χ4n) is 1.13. The first kappa shape index (κ1) is 13.7. The largest absolute Gasteiger partial charge is 0.248 e. The molecule has 1 N–H and O–H groups in total. The zero-order valence-corrected chi connectivity index (χ0v) is 11.9. The molecule has 0 amide bonds. The molecule has 0 bridgehead atoms. The molecule has 2 heterocycles. The summed E-state index contributed by atoms with van der Waals surface area (Å²) < 4.78 is 26.2. The zero-order valence-electron chi connectivity index (χ0n) is 8.80. The lowest BCUT2D eigenvalue weighted by Crippen LogP contribution is -2.23. The minimum absolute atomic E-state index is 0.0338. The summed E-state index contributed by atoms with van der Waals surface area (Å²) in [5, 5.41) is 2.60. The Morgan fingerprint density at radius 2 is 2.11 bits per heavy atom. The van der Waals surface area contributed by atoms with Crippen LogP contribution in [0.3, 0.4) is 0 Å². The van der Waals surface area contributed by atoms with Crippen LogP contribution in [0.4, 0.5) is 0 Å². The second-order valence-corrected chi connectivity index (χ2v) is 6.71. The van der Waals surface area contributed by atoms with Gasteiger partial charge in [0.2, 0.25) is 10.0 Å². The van der Waals surface area contributed by atoms with Crippen molar-refractivity contribution >= 4 is 44.6 Å². The molecule has 2 aromatic rings. The van der Waals surface area contributed by atoms with Crippen molar-refractivity contribution < 1.29 is 8.42 Å². The Morgan fingerprint density at radius 3 is 2.72 bits per heavy atom. The van der Waals surface area contributed by atoms with Gasteiger partial charge in [-0.3, -0.25) is 0 Å². The van der Waals surface area contributed by atoms with E-state index < -0.39 is 10.0 Å². The van der Waals surface area contributed by atoms with E-state index in [9.17, 15) is 8.42 Å². The average Bonchev–Trinajstić information content (AvgIpc) is 2.83. The van der Waals surface area contributed by atoms with E-state index in [1.807, 2.05) is 0 Å². The van der Waals surface area contributed by atoms with Crippen LogP contribution in [0.1, 0.15) is 5.01 Å². The Labute approximate surface area is 118 Å². The average molecular weight is 324 g/mol. The van der Waals surface area contributed by atoms with E-state index in [0.29, 0.717) is 5.01 Å². The van der Waals surface area contributed by atoms with E-state index in [0.717, 1.165) is 6.20 Å². The fourth-order valence-corrected chi connectivity index (χ4v) is 3.07. The molecule has 9 heteroatoms. The third-order valence-electron chi connectivity index (χ3n) is 1.98. The van der Waals surface area contributed by atoms with E-state index >= 15 is 0 Å². The van der Waals surface area contributed by atoms with Crippen molar-refractivity contribution in [2.45, 2.75) is 11.4 Å². The van der Waals surface area contributed by atoms with Crippen molar-refractivity contribution in [1.82, 2.24) is 14.7 Å². The molecule has 0 unspecified atom stereocenters. The van der Waals surface area contributed by atoms with E-state index in [4.69, 9.17) is 23.2 Å². The molecule has 0 aromatic carbocycles. The summed E-state index contributed by atoms with van der Waals surface area (Å²) in [6.07, 6.45) is 2.76. The van der Waals surface area contributed by atoms with Crippen molar-refractivity contribution in [2.24, 2.45) is 0 Å². The summed E-state index contributed by atoms with van der Waals surface area (Å²) in [4.78, 5) is 7.63. The third kappa shape index (κ3) is 3.18. The molecule has 2 rings (SSSR count). The highest BCUT2D eigenvalue weighted by atomic mass is 35.5. The van der Waals surface area contributed by atoms with Crippen LogP contribution in [0.2, 0.25) is 10.2 Å². The number of hydrogen-bond acceptors (Lipinski definition) is 5. The molecular formula is C9H7Cl2N3O2S2. The number of aromatic nitrogens is 2. The number of hydrogen-bond donors (Lipinski definition) is 1. The van der Waals surface area contributed by atoms with E-state index in [1.165, 1.54) is 17.4 Å². The van der Waals surface area contributed by atoms with Crippen molar-refractivity contribution in [3.63, 3.8) is 0 Å². The summed E-state index contributed by atoms with van der Waals surface area (Å²) in [7, 11) is -3.66. The van der Waals surface area contributed by atoms with Crippen LogP contribution < -0.4 is 4.72 Å². The molecule has 0 aliphatic carbocycles. The van der Waals surface area contributed by atoms with Crippen molar-refractivity contribution in [3.05, 3.63) is 39.0 Å². The van der Waals surface area contributed by atoms with Crippen LogP contribution in [0.15, 0.2) is 28.7 Å². The predicted molar refractivity (Wildman–Crippen MR) is 70.4 cm³/mol. The van der Waals surface area contributed by atoms with Gasteiger partial charge in [0, 0.05) is 17.8 Å². The monoisotopic (exact) mass is 323 g/mol. The third-order valence-corrected chi connectivity index (χ3v) is 4.81. The number of rotatable bonds is 4. The summed E-state index contributed by atoms with van der Waals surface area (Å²) in [6.45, 7) is 0.125. The minimum Gasteiger partial charge on any atom is -0.248 e. The van der Waals surface area contributed by atoms with Gasteiger partial charge in [0.1, 0.15) is 15.1 Å². The first-order chi connectivity index (χ1) is 8.49. The van der Waals surface area contributed by atoms with Gasteiger partial charge in [0.15, 0.2) is 0 Å². The molecule has 0 spiro atoms. The quantitative estimate of drug-likeness (QED) is 0.876. The maximum absolute atomic E-state index is 11.9. The molecule has 96 valence electrons. The maximum Gasteiger partial charge on any atom is 0.242 e. The molecule has 0 aliphatic rings. The SMILES string of the molecule is O=S(=O)(NCc1nccs1)c1cnc(Cl)c(Cl)c1. The highest BCUT2D eigenvalue weighted by Crippen LogP contribution is 2.22. The second kappa shape index (κ2) is 5.50. The van der Waals surface area contributed by atoms with Gasteiger partial charge in [-0.25, -0.2) is 23.1 Å². The molecule has 0 aliphatic heterocycles. The summed E-state index contributed by atoms with van der Waals surface area (Å²) in [5.74, 6) is 0. The van der Waals surface area contributed by atoms with E-state index in [2.05, 4.69) is 14.7 Å². The van der Waals surface area contributed by atoms with Gasteiger partial charge >= 0.3 is 0 Å². The predicted octanol–water partition coefficient (Wildman–Crippen LogP) is 2.32. The van der Waals surface area contributed by atoms with Crippen LogP contribution in [0.5, 0.6) is 0 Å². The van der Waals surface area contributed by atoms with Gasteiger partial charge in [0.25, 0.3) is 0 Å². The van der Waals surface area contributed by atoms with Crippen LogP contribution in [-0.4, -0.2) is 18.4 Å². The highest BCUT2D eigenvalue weighted by molar-refractivity contribution is 7.89. The Kier molecular flexibility index (Phi) is 4.18. The van der Waals surface area contributed by atoms with Gasteiger partial charge in [-0.2, -0.15) is 0 Å². The Hall–Kier alpha value is -0.730. The lowest BCUT2D eigenvalue weighted by Gasteiger charge is -2.05. The molecule has 2 aromatic heterocycles. The van der Waals surface area contributed by atoms with E-state index in [1.54, 1.807) is 11.6 Å². The fraction of sp³-hybridized carbons (Fsp3) is 0.111. The van der Waals surface area contributed by atoms with Crippen molar-refractivity contribution in [1.29, 1.82) is 0 Å². The Bertz CT molecular complexity index is 644. The van der Waals surface area contributed by atoms with Crippen LogP contribution >= 0.6 is 34.5 Å². The van der Waals surface area contributed by atoms with Crippen LogP contribution in [0, 0.1) is 0 Å². The van der Waals surface area contributed by atoms with Gasteiger partial charge in [-0.15, -0.1) is 11.3 Å². The van der Waals surface area contributed by atoms with Crippen LogP contribution in [0.25, 0.3) is 0 Å². The second-order valence-electron chi connectivity index (χ2n) is 3.19. The lowest BCUT2D eigenvalue weighted by molar-refractivity contribution is 0.580.